The fourth-order valence-electron chi connectivity index (χ4n) is 11.6. The first-order valence-corrected chi connectivity index (χ1v) is 17.6. The molecule has 0 radical (unpaired) electrons. The quantitative estimate of drug-likeness (QED) is 0.248. The summed E-state index contributed by atoms with van der Waals surface area (Å²) in [7, 11) is 0. The molecule has 0 aromatic heterocycles. The number of aliphatic hydroxyl groups is 3. The minimum absolute atomic E-state index is 0.131. The second-order valence-electron chi connectivity index (χ2n) is 15.9. The Balaban J connectivity index is 1.38. The number of fused-ring (bicyclic) bond motifs is 1. The molecule has 3 N–H and O–H groups in total. The lowest BCUT2D eigenvalue weighted by atomic mass is 9.52. The summed E-state index contributed by atoms with van der Waals surface area (Å²) in [6, 6.07) is 8.64. The maximum atomic E-state index is 13.8. The number of carbonyl (C=O) groups excluding carboxylic acids is 1. The van der Waals surface area contributed by atoms with Gasteiger partial charge in [-0.05, 0) is 61.1 Å². The van der Waals surface area contributed by atoms with E-state index in [1.165, 1.54) is 0 Å². The van der Waals surface area contributed by atoms with E-state index in [0.717, 1.165) is 44.1 Å². The van der Waals surface area contributed by atoms with Crippen LogP contribution in [0.5, 0.6) is 0 Å². The summed E-state index contributed by atoms with van der Waals surface area (Å²) in [6.45, 7) is 12.3. The third-order valence-corrected chi connectivity index (χ3v) is 13.6. The van der Waals surface area contributed by atoms with Gasteiger partial charge in [-0.25, -0.2) is 4.79 Å². The van der Waals surface area contributed by atoms with Gasteiger partial charge < -0.3 is 39.0 Å². The van der Waals surface area contributed by atoms with Crippen LogP contribution in [-0.4, -0.2) is 80.7 Å². The Kier molecular flexibility index (Phi) is 7.06. The van der Waals surface area contributed by atoms with Gasteiger partial charge in [0.25, 0.3) is 5.97 Å². The molecule has 1 aromatic carbocycles. The SMILES string of the molecule is C=C(C)[C@]12C[C@@H](C)[C@@]34OC5(CCCCCCC[C@H](C)[C@H]6[C@H](C)[C@H](O)[C@@](O)([C@H](OC(=O)c7ccccc7)[C@@]7(CO)O[C@H]7[C@H]3[C@H]1O5)[C@@H]64)O2. The number of esters is 1. The van der Waals surface area contributed by atoms with E-state index in [9.17, 15) is 20.1 Å². The highest BCUT2D eigenvalue weighted by molar-refractivity contribution is 5.89. The lowest BCUT2D eigenvalue weighted by Crippen LogP contribution is -2.74. The molecule has 1 unspecified atom stereocenters. The predicted octanol–water partition coefficient (Wildman–Crippen LogP) is 4.52. The number of epoxide rings is 1. The average molecular weight is 639 g/mol. The lowest BCUT2D eigenvalue weighted by Gasteiger charge is -2.61. The van der Waals surface area contributed by atoms with E-state index >= 15 is 0 Å². The molecule has 4 aliphatic heterocycles. The van der Waals surface area contributed by atoms with E-state index < -0.39 is 77.2 Å². The normalized spacial score (nSPS) is 53.6. The van der Waals surface area contributed by atoms with Gasteiger partial charge in [0.1, 0.15) is 23.4 Å². The molecule has 4 heterocycles. The van der Waals surface area contributed by atoms with Gasteiger partial charge in [-0.3, -0.25) is 0 Å². The third kappa shape index (κ3) is 3.79. The number of benzene rings is 1. The molecule has 0 amide bonds. The van der Waals surface area contributed by atoms with E-state index in [2.05, 4.69) is 20.4 Å². The predicted molar refractivity (Wildman–Crippen MR) is 166 cm³/mol. The van der Waals surface area contributed by atoms with Gasteiger partial charge in [0, 0.05) is 18.3 Å². The van der Waals surface area contributed by atoms with Crippen molar-refractivity contribution >= 4 is 5.97 Å². The van der Waals surface area contributed by atoms with E-state index in [4.69, 9.17) is 23.7 Å². The molecule has 1 aromatic rings. The van der Waals surface area contributed by atoms with Gasteiger partial charge in [-0.1, -0.05) is 77.7 Å². The first-order valence-electron chi connectivity index (χ1n) is 17.6. The van der Waals surface area contributed by atoms with Gasteiger partial charge in [0.15, 0.2) is 11.7 Å². The first-order chi connectivity index (χ1) is 21.9. The van der Waals surface area contributed by atoms with Crippen LogP contribution in [0.25, 0.3) is 0 Å². The van der Waals surface area contributed by atoms with Crippen LogP contribution in [0.2, 0.25) is 0 Å². The molecule has 252 valence electrons. The Bertz CT molecular complexity index is 1400. The number of hydrogen-bond donors (Lipinski definition) is 3. The molecule has 9 heteroatoms. The Hall–Kier alpha value is -1.85. The molecule has 8 rings (SSSR count). The minimum atomic E-state index is -2.00. The van der Waals surface area contributed by atoms with E-state index in [0.29, 0.717) is 18.4 Å². The van der Waals surface area contributed by atoms with Crippen LogP contribution in [-0.2, 0) is 23.7 Å². The van der Waals surface area contributed by atoms with Crippen molar-refractivity contribution < 1.29 is 43.8 Å². The van der Waals surface area contributed by atoms with Crippen LogP contribution in [0, 0.1) is 35.5 Å². The van der Waals surface area contributed by atoms with E-state index in [1.807, 2.05) is 19.9 Å². The van der Waals surface area contributed by atoms with Crippen molar-refractivity contribution in [2.75, 3.05) is 6.61 Å². The molecule has 4 saturated heterocycles. The van der Waals surface area contributed by atoms with Gasteiger partial charge >= 0.3 is 5.97 Å². The van der Waals surface area contributed by atoms with Crippen molar-refractivity contribution in [1.82, 2.24) is 0 Å². The molecule has 3 bridgehead atoms. The topological polar surface area (TPSA) is 127 Å². The van der Waals surface area contributed by atoms with E-state index in [1.54, 1.807) is 24.3 Å². The summed E-state index contributed by atoms with van der Waals surface area (Å²) in [4.78, 5) is 13.8. The minimum Gasteiger partial charge on any atom is -0.452 e. The van der Waals surface area contributed by atoms with Crippen molar-refractivity contribution in [2.24, 2.45) is 35.5 Å². The number of aliphatic hydroxyl groups excluding tert-OH is 2. The molecular weight excluding hydrogens is 588 g/mol. The second-order valence-corrected chi connectivity index (χ2v) is 15.9. The zero-order chi connectivity index (χ0) is 32.4. The molecule has 3 aliphatic carbocycles. The van der Waals surface area contributed by atoms with Gasteiger partial charge in [0.2, 0.25) is 0 Å². The van der Waals surface area contributed by atoms with Crippen LogP contribution in [0.4, 0.5) is 0 Å². The van der Waals surface area contributed by atoms with Crippen molar-refractivity contribution in [1.29, 1.82) is 0 Å². The van der Waals surface area contributed by atoms with Crippen LogP contribution in [0.15, 0.2) is 42.5 Å². The Morgan fingerprint density at radius 1 is 1.02 bits per heavy atom. The molecule has 3 saturated carbocycles. The first kappa shape index (κ1) is 31.4. The molecule has 2 spiro atoms. The summed E-state index contributed by atoms with van der Waals surface area (Å²) in [6.07, 6.45) is 3.37. The Morgan fingerprint density at radius 2 is 1.74 bits per heavy atom. The Labute approximate surface area is 271 Å². The van der Waals surface area contributed by atoms with Gasteiger partial charge in [-0.2, -0.15) is 0 Å². The maximum absolute atomic E-state index is 13.8. The molecular formula is C37H50O9. The standard InChI is InChI=1S/C37H50O9/c1-20(2)33-18-22(4)37-26-29(33)44-35(45-33,46-37)17-13-8-6-7-10-14-21(3)25-23(5)28(39)36(41,27(25)37)32(34(19-38)30(26)43-34)42-31(40)24-15-11-9-12-16-24/h9,11-12,15-16,21-23,25-30,32,38-39,41H,1,6-8,10,13-14,17-19H2,2-5H3/t21-,22+,23-,25-,26+,27+,28-,29+,30-,32+,33+,34-,35?,36+,37+/m0/s1. The smallest absolute Gasteiger partial charge is 0.338 e. The summed E-state index contributed by atoms with van der Waals surface area (Å²) in [5.41, 5.74) is -4.22. The second kappa shape index (κ2) is 10.3. The zero-order valence-electron chi connectivity index (χ0n) is 27.5. The van der Waals surface area contributed by atoms with Crippen molar-refractivity contribution in [3.05, 3.63) is 48.0 Å². The fourth-order valence-corrected chi connectivity index (χ4v) is 11.6. The molecule has 7 aliphatic rings. The summed E-state index contributed by atoms with van der Waals surface area (Å²) in [5.74, 6) is -3.70. The summed E-state index contributed by atoms with van der Waals surface area (Å²) >= 11 is 0. The zero-order valence-corrected chi connectivity index (χ0v) is 27.5. The monoisotopic (exact) mass is 638 g/mol. The van der Waals surface area contributed by atoms with Crippen LogP contribution in [0.1, 0.15) is 89.4 Å². The highest BCUT2D eigenvalue weighted by atomic mass is 16.9. The Morgan fingerprint density at radius 3 is 2.46 bits per heavy atom. The average Bonchev–Trinajstić information content (AvgIpc) is 3.67. The largest absolute Gasteiger partial charge is 0.452 e. The third-order valence-electron chi connectivity index (χ3n) is 13.6. The van der Waals surface area contributed by atoms with Crippen LogP contribution in [0.3, 0.4) is 0 Å². The maximum Gasteiger partial charge on any atom is 0.338 e. The number of rotatable bonds is 4. The molecule has 15 atom stereocenters. The fraction of sp³-hybridized carbons (Fsp3) is 0.757. The number of ether oxygens (including phenoxy) is 5. The van der Waals surface area contributed by atoms with Crippen molar-refractivity contribution in [2.45, 2.75) is 132 Å². The van der Waals surface area contributed by atoms with Crippen molar-refractivity contribution in [3.63, 3.8) is 0 Å². The van der Waals surface area contributed by atoms with Crippen LogP contribution < -0.4 is 0 Å². The van der Waals surface area contributed by atoms with Crippen LogP contribution >= 0.6 is 0 Å². The van der Waals surface area contributed by atoms with E-state index in [-0.39, 0.29) is 23.7 Å². The van der Waals surface area contributed by atoms with Crippen molar-refractivity contribution in [3.8, 4) is 0 Å². The highest BCUT2D eigenvalue weighted by Crippen LogP contribution is 2.75. The highest BCUT2D eigenvalue weighted by Gasteiger charge is 2.90. The molecule has 46 heavy (non-hydrogen) atoms. The summed E-state index contributed by atoms with van der Waals surface area (Å²) < 4.78 is 34.3. The lowest BCUT2D eigenvalue weighted by molar-refractivity contribution is -0.437. The van der Waals surface area contributed by atoms with Gasteiger partial charge in [0.05, 0.1) is 23.9 Å². The number of carbonyl (C=O) groups is 1. The summed E-state index contributed by atoms with van der Waals surface area (Å²) in [5, 5.41) is 37.1. The van der Waals surface area contributed by atoms with Gasteiger partial charge in [-0.15, -0.1) is 0 Å². The molecule has 9 nitrogen and oxygen atoms in total. The molecule has 7 fully saturated rings. The number of hydrogen-bond acceptors (Lipinski definition) is 9.